The van der Waals surface area contributed by atoms with Crippen molar-refractivity contribution in [1.29, 1.82) is 0 Å². The molecule has 36 heavy (non-hydrogen) atoms. The third-order valence-electron chi connectivity index (χ3n) is 6.62. The van der Waals surface area contributed by atoms with Crippen LogP contribution >= 0.6 is 12.6 Å². The zero-order valence-corrected chi connectivity index (χ0v) is 21.8. The molecule has 198 valence electrons. The van der Waals surface area contributed by atoms with Gasteiger partial charge < -0.3 is 15.9 Å². The number of hydrogen-bond acceptors (Lipinski definition) is 7. The minimum atomic E-state index is -1.16. The van der Waals surface area contributed by atoms with Gasteiger partial charge in [-0.05, 0) is 72.8 Å². The second-order valence-electron chi connectivity index (χ2n) is 9.59. The van der Waals surface area contributed by atoms with E-state index < -0.39 is 5.60 Å². The van der Waals surface area contributed by atoms with Gasteiger partial charge in [-0.3, -0.25) is 9.91 Å². The number of allylic oxidation sites excluding steroid dienone is 1. The van der Waals surface area contributed by atoms with Crippen LogP contribution in [0.3, 0.4) is 0 Å². The number of aliphatic hydroxyl groups excluding tert-OH is 1. The highest BCUT2D eigenvalue weighted by Gasteiger charge is 2.30. The molecule has 0 saturated heterocycles. The van der Waals surface area contributed by atoms with E-state index >= 15 is 0 Å². The summed E-state index contributed by atoms with van der Waals surface area (Å²) in [5.74, 6) is 6.95. The van der Waals surface area contributed by atoms with Gasteiger partial charge in [0.2, 0.25) is 0 Å². The van der Waals surface area contributed by atoms with Gasteiger partial charge in [-0.25, -0.2) is 5.84 Å². The van der Waals surface area contributed by atoms with Crippen molar-refractivity contribution in [2.24, 2.45) is 11.6 Å². The van der Waals surface area contributed by atoms with Crippen molar-refractivity contribution < 1.29 is 10.2 Å². The van der Waals surface area contributed by atoms with E-state index in [0.717, 1.165) is 36.3 Å². The monoisotopic (exact) mass is 512 g/mol. The van der Waals surface area contributed by atoms with Gasteiger partial charge in [0.15, 0.2) is 0 Å². The molecule has 0 unspecified atom stereocenters. The molecule has 6 nitrogen and oxygen atoms in total. The third kappa shape index (κ3) is 8.11. The van der Waals surface area contributed by atoms with Crippen LogP contribution in [0.2, 0.25) is 0 Å². The Morgan fingerprint density at radius 3 is 2.53 bits per heavy atom. The molecule has 1 saturated carbocycles. The summed E-state index contributed by atoms with van der Waals surface area (Å²) < 4.78 is 0. The normalized spacial score (nSPS) is 17.7. The highest BCUT2D eigenvalue weighted by molar-refractivity contribution is 7.79. The number of hydrazine groups is 1. The molecule has 7 heteroatoms. The molecule has 1 aliphatic carbocycles. The average molecular weight is 513 g/mol. The maximum absolute atomic E-state index is 10.5. The van der Waals surface area contributed by atoms with Gasteiger partial charge in [-0.15, -0.1) is 0 Å². The van der Waals surface area contributed by atoms with E-state index in [9.17, 15) is 10.2 Å². The molecule has 2 aromatic carbocycles. The molecule has 0 radical (unpaired) electrons. The Kier molecular flexibility index (Phi) is 11.5. The van der Waals surface area contributed by atoms with Crippen molar-refractivity contribution >= 4 is 18.3 Å². The molecule has 2 aliphatic rings. The molecule has 1 heterocycles. The van der Waals surface area contributed by atoms with Gasteiger partial charge in [-0.2, -0.15) is 12.6 Å². The van der Waals surface area contributed by atoms with Gasteiger partial charge in [0, 0.05) is 38.0 Å². The lowest BCUT2D eigenvalue weighted by Crippen LogP contribution is -2.40. The summed E-state index contributed by atoms with van der Waals surface area (Å²) in [6.45, 7) is 3.85. The van der Waals surface area contributed by atoms with Crippen LogP contribution in [-0.2, 0) is 13.0 Å². The fourth-order valence-electron chi connectivity index (χ4n) is 4.47. The van der Waals surface area contributed by atoms with Crippen LogP contribution in [0, 0.1) is 0 Å². The molecule has 0 aromatic heterocycles. The standard InChI is InChI=1S/C27H36N4O2.CH4S.CH4/c1-27(33,19-32)23-8-5-13-30(17-23)16-22-11-12-25(15-26(22)21-9-10-21)31(29)18-24(28)14-20-6-3-2-4-7-20;1-2;/h2-4,6-8,11-12,15,18,21,32-33H,5,9-10,13-14,16-17,19,28-29H2,1H3;2H,1H3;1H4/b24-18-;;/t27-;;/m1../s1. The molecule has 4 rings (SSSR count). The van der Waals surface area contributed by atoms with Crippen LogP contribution in [0.4, 0.5) is 5.69 Å². The van der Waals surface area contributed by atoms with Gasteiger partial charge >= 0.3 is 0 Å². The Morgan fingerprint density at radius 2 is 1.89 bits per heavy atom. The Morgan fingerprint density at radius 1 is 1.19 bits per heavy atom. The summed E-state index contributed by atoms with van der Waals surface area (Å²) in [6, 6.07) is 16.6. The predicted octanol–water partition coefficient (Wildman–Crippen LogP) is 4.34. The van der Waals surface area contributed by atoms with E-state index in [-0.39, 0.29) is 14.0 Å². The van der Waals surface area contributed by atoms with Crippen molar-refractivity contribution in [1.82, 2.24) is 4.90 Å². The van der Waals surface area contributed by atoms with Crippen molar-refractivity contribution in [2.45, 2.75) is 58.1 Å². The summed E-state index contributed by atoms with van der Waals surface area (Å²) in [6.07, 6.45) is 9.51. The highest BCUT2D eigenvalue weighted by Crippen LogP contribution is 2.43. The Balaban J connectivity index is 0.00000148. The molecule has 0 bridgehead atoms. The maximum atomic E-state index is 10.5. The fourth-order valence-corrected chi connectivity index (χ4v) is 4.47. The topological polar surface area (TPSA) is 99.0 Å². The minimum Gasteiger partial charge on any atom is -0.401 e. The summed E-state index contributed by atoms with van der Waals surface area (Å²) in [5, 5.41) is 21.6. The van der Waals surface area contributed by atoms with E-state index in [2.05, 4.69) is 53.9 Å². The zero-order valence-electron chi connectivity index (χ0n) is 20.9. The number of nitrogens with two attached hydrogens (primary N) is 2. The number of aliphatic hydroxyl groups is 2. The average Bonchev–Trinajstić information content (AvgIpc) is 3.72. The molecule has 0 amide bonds. The first-order valence-electron chi connectivity index (χ1n) is 12.2. The summed E-state index contributed by atoms with van der Waals surface area (Å²) in [4.78, 5) is 2.35. The second kappa shape index (κ2) is 13.9. The lowest BCUT2D eigenvalue weighted by atomic mass is 9.92. The third-order valence-corrected chi connectivity index (χ3v) is 6.62. The Hall–Kier alpha value is -2.29. The number of hydrogen-bond donors (Lipinski definition) is 5. The number of thiol groups is 1. The van der Waals surface area contributed by atoms with Crippen LogP contribution < -0.4 is 16.6 Å². The smallest absolute Gasteiger partial charge is 0.107 e. The number of nitrogens with zero attached hydrogens (tertiary/aromatic N) is 2. The van der Waals surface area contributed by atoms with Crippen LogP contribution in [0.15, 0.2) is 72.1 Å². The quantitative estimate of drug-likeness (QED) is 0.148. The minimum absolute atomic E-state index is 0. The molecule has 0 spiro atoms. The van der Waals surface area contributed by atoms with Crippen molar-refractivity contribution in [3.63, 3.8) is 0 Å². The second-order valence-corrected chi connectivity index (χ2v) is 9.59. The van der Waals surface area contributed by atoms with E-state index in [4.69, 9.17) is 11.6 Å². The Labute approximate surface area is 222 Å². The first-order chi connectivity index (χ1) is 16.9. The lowest BCUT2D eigenvalue weighted by molar-refractivity contribution is 0.0247. The van der Waals surface area contributed by atoms with E-state index in [0.29, 0.717) is 24.6 Å². The van der Waals surface area contributed by atoms with Gasteiger partial charge in [-0.1, -0.05) is 49.9 Å². The van der Waals surface area contributed by atoms with Crippen molar-refractivity contribution in [3.8, 4) is 0 Å². The first kappa shape index (κ1) is 29.9. The predicted molar refractivity (Wildman–Crippen MR) is 155 cm³/mol. The highest BCUT2D eigenvalue weighted by atomic mass is 32.1. The molecular weight excluding hydrogens is 468 g/mol. The Bertz CT molecular complexity index is 1020. The largest absolute Gasteiger partial charge is 0.401 e. The lowest BCUT2D eigenvalue weighted by Gasteiger charge is -2.34. The molecule has 1 atom stereocenters. The number of benzene rings is 2. The molecular formula is C29H44N4O2S. The first-order valence-corrected chi connectivity index (χ1v) is 13.1. The van der Waals surface area contributed by atoms with Crippen molar-refractivity contribution in [3.05, 3.63) is 88.8 Å². The molecule has 6 N–H and O–H groups in total. The van der Waals surface area contributed by atoms with Gasteiger partial charge in [0.1, 0.15) is 5.60 Å². The van der Waals surface area contributed by atoms with Crippen molar-refractivity contribution in [2.75, 3.05) is 31.0 Å². The van der Waals surface area contributed by atoms with Crippen LogP contribution in [0.5, 0.6) is 0 Å². The maximum Gasteiger partial charge on any atom is 0.107 e. The van der Waals surface area contributed by atoms with E-state index in [1.807, 2.05) is 18.2 Å². The molecule has 1 fully saturated rings. The fraction of sp³-hybridized carbons (Fsp3) is 0.448. The zero-order chi connectivity index (χ0) is 25.4. The summed E-state index contributed by atoms with van der Waals surface area (Å²) in [5.41, 5.74) is 11.4. The SMILES string of the molecule is C.CS.C[C@@](O)(CO)C1=CCCN(Cc2ccc(N(N)/C=C(\N)Cc3ccccc3)cc2C2CC2)C1. The summed E-state index contributed by atoms with van der Waals surface area (Å²) >= 11 is 3.53. The van der Waals surface area contributed by atoms with E-state index in [1.54, 1.807) is 24.4 Å². The van der Waals surface area contributed by atoms with Crippen LogP contribution in [0.1, 0.15) is 56.2 Å². The molecule has 1 aliphatic heterocycles. The van der Waals surface area contributed by atoms with Gasteiger partial charge in [0.25, 0.3) is 0 Å². The molecule has 2 aromatic rings. The van der Waals surface area contributed by atoms with E-state index in [1.165, 1.54) is 24.0 Å². The number of anilines is 1. The van der Waals surface area contributed by atoms with Crippen LogP contribution in [0.25, 0.3) is 0 Å². The van der Waals surface area contributed by atoms with Crippen LogP contribution in [-0.4, -0.2) is 46.7 Å². The van der Waals surface area contributed by atoms with Gasteiger partial charge in [0.05, 0.1) is 12.3 Å². The summed E-state index contributed by atoms with van der Waals surface area (Å²) in [7, 11) is 0. The number of rotatable bonds is 9.